The molecule has 3 heteroatoms. The molecule has 4 rings (SSSR count). The van der Waals surface area contributed by atoms with E-state index in [1.807, 2.05) is 0 Å². The van der Waals surface area contributed by atoms with E-state index in [9.17, 15) is 9.90 Å². The highest BCUT2D eigenvalue weighted by atomic mass is 16.5. The zero-order valence-electron chi connectivity index (χ0n) is 31.4. The van der Waals surface area contributed by atoms with Gasteiger partial charge in [0.1, 0.15) is 6.10 Å². The van der Waals surface area contributed by atoms with Gasteiger partial charge in [0.05, 0.1) is 6.10 Å². The minimum Gasteiger partial charge on any atom is -0.461 e. The Morgan fingerprint density at radius 2 is 1.48 bits per heavy atom. The first-order chi connectivity index (χ1) is 22.1. The van der Waals surface area contributed by atoms with Crippen LogP contribution >= 0.6 is 0 Å². The number of unbranched alkanes of at least 4 members (excludes halogenated alkanes) is 12. The maximum atomic E-state index is 13.3. The topological polar surface area (TPSA) is 46.5 Å². The van der Waals surface area contributed by atoms with Crippen LogP contribution in [-0.4, -0.2) is 23.3 Å². The third kappa shape index (κ3) is 9.44. The molecule has 0 spiro atoms. The second kappa shape index (κ2) is 18.2. The molecule has 0 aromatic heterocycles. The second-order valence-electron chi connectivity index (χ2n) is 17.7. The van der Waals surface area contributed by atoms with Crippen molar-refractivity contribution in [3.8, 4) is 0 Å². The fourth-order valence-corrected chi connectivity index (χ4v) is 11.4. The van der Waals surface area contributed by atoms with Crippen LogP contribution in [0.15, 0.2) is 11.6 Å². The summed E-state index contributed by atoms with van der Waals surface area (Å²) < 4.78 is 6.41. The second-order valence-corrected chi connectivity index (χ2v) is 17.7. The molecular formula is C43H76O3. The smallest absolute Gasteiger partial charge is 0.306 e. The molecule has 4 aliphatic rings. The van der Waals surface area contributed by atoms with Crippen LogP contribution in [-0.2, 0) is 9.53 Å². The van der Waals surface area contributed by atoms with Crippen LogP contribution in [0.25, 0.3) is 0 Å². The first kappa shape index (κ1) is 38.0. The summed E-state index contributed by atoms with van der Waals surface area (Å²) in [6.07, 6.45) is 31.6. The van der Waals surface area contributed by atoms with Crippen molar-refractivity contribution in [2.75, 3.05) is 0 Å². The minimum atomic E-state index is -0.388. The maximum Gasteiger partial charge on any atom is 0.306 e. The van der Waals surface area contributed by atoms with Crippen molar-refractivity contribution in [3.63, 3.8) is 0 Å². The quantitative estimate of drug-likeness (QED) is 0.0818. The predicted octanol–water partition coefficient (Wildman–Crippen LogP) is 12.4. The Kier molecular flexibility index (Phi) is 15.1. The molecule has 0 amide bonds. The van der Waals surface area contributed by atoms with Crippen molar-refractivity contribution in [1.82, 2.24) is 0 Å². The number of ether oxygens (including phenoxy) is 1. The number of aliphatic hydroxyl groups excluding tert-OH is 1. The Balaban J connectivity index is 1.24. The van der Waals surface area contributed by atoms with E-state index in [0.717, 1.165) is 49.4 Å². The lowest BCUT2D eigenvalue weighted by atomic mass is 9.46. The first-order valence-corrected chi connectivity index (χ1v) is 20.7. The van der Waals surface area contributed by atoms with Gasteiger partial charge in [-0.1, -0.05) is 150 Å². The number of carbonyl (C=O) groups excluding carboxylic acids is 1. The lowest BCUT2D eigenvalue weighted by Gasteiger charge is -2.60. The standard InChI is InChI=1S/C43H76O3/c1-7-8-9-10-11-12-13-14-15-16-17-18-19-23-41(45)46-40-31-35(44)30-34-24-25-36-38-27-26-37(33(4)22-20-21-32(2)3)42(38,5)29-28-39(36)43(34,40)6/h24,32-33,35-40,44H,7-23,25-31H2,1-6H3/t33-,35-,36+,37-,38+,39+,40?,42-,43+/m1/s1. The van der Waals surface area contributed by atoms with Crippen LogP contribution in [0.5, 0.6) is 0 Å². The Labute approximate surface area is 285 Å². The summed E-state index contributed by atoms with van der Waals surface area (Å²) in [5, 5.41) is 10.9. The van der Waals surface area contributed by atoms with Crippen LogP contribution in [0.1, 0.15) is 196 Å². The average Bonchev–Trinajstić information content (AvgIpc) is 3.37. The number of fused-ring (bicyclic) bond motifs is 5. The monoisotopic (exact) mass is 641 g/mol. The predicted molar refractivity (Wildman–Crippen MR) is 195 cm³/mol. The highest BCUT2D eigenvalue weighted by molar-refractivity contribution is 5.69. The summed E-state index contributed by atoms with van der Waals surface area (Å²) in [7, 11) is 0. The van der Waals surface area contributed by atoms with Gasteiger partial charge < -0.3 is 9.84 Å². The molecule has 0 bridgehead atoms. The van der Waals surface area contributed by atoms with E-state index in [0.29, 0.717) is 30.1 Å². The summed E-state index contributed by atoms with van der Waals surface area (Å²) in [5.74, 6) is 4.50. The molecule has 4 aliphatic carbocycles. The number of aliphatic hydroxyl groups is 1. The van der Waals surface area contributed by atoms with E-state index >= 15 is 0 Å². The van der Waals surface area contributed by atoms with Crippen LogP contribution in [0.4, 0.5) is 0 Å². The zero-order valence-corrected chi connectivity index (χ0v) is 31.4. The average molecular weight is 641 g/mol. The van der Waals surface area contributed by atoms with Gasteiger partial charge in [-0.3, -0.25) is 4.79 Å². The molecule has 0 heterocycles. The Bertz CT molecular complexity index is 938. The van der Waals surface area contributed by atoms with Gasteiger partial charge in [0.2, 0.25) is 0 Å². The number of allylic oxidation sites excluding steroid dienone is 1. The molecule has 0 aromatic carbocycles. The fourth-order valence-electron chi connectivity index (χ4n) is 11.4. The normalized spacial score (nSPS) is 34.5. The van der Waals surface area contributed by atoms with Gasteiger partial charge in [0, 0.05) is 18.3 Å². The van der Waals surface area contributed by atoms with E-state index in [1.165, 1.54) is 121 Å². The van der Waals surface area contributed by atoms with E-state index in [4.69, 9.17) is 4.74 Å². The van der Waals surface area contributed by atoms with Crippen LogP contribution in [0.3, 0.4) is 0 Å². The Morgan fingerprint density at radius 1 is 0.848 bits per heavy atom. The van der Waals surface area contributed by atoms with Crippen LogP contribution < -0.4 is 0 Å². The number of rotatable bonds is 20. The van der Waals surface area contributed by atoms with Gasteiger partial charge >= 0.3 is 5.97 Å². The molecule has 0 aliphatic heterocycles. The van der Waals surface area contributed by atoms with Gasteiger partial charge in [0.15, 0.2) is 0 Å². The minimum absolute atomic E-state index is 0.0262. The molecule has 46 heavy (non-hydrogen) atoms. The summed E-state index contributed by atoms with van der Waals surface area (Å²) in [6.45, 7) is 14.6. The van der Waals surface area contributed by atoms with Crippen molar-refractivity contribution >= 4 is 5.97 Å². The largest absolute Gasteiger partial charge is 0.461 e. The van der Waals surface area contributed by atoms with Crippen molar-refractivity contribution in [1.29, 1.82) is 0 Å². The molecule has 1 N–H and O–H groups in total. The highest BCUT2D eigenvalue weighted by Gasteiger charge is 2.61. The third-order valence-corrected chi connectivity index (χ3v) is 14.1. The SMILES string of the molecule is CCCCCCCCCCCCCCCC(=O)OC1C[C@H](O)CC2=CC[C@H]3[C@@H]4CC[C@H]([C@H](C)CCCC(C)C)[C@@]4(C)CC[C@@H]3[C@]21C. The van der Waals surface area contributed by atoms with Gasteiger partial charge in [-0.25, -0.2) is 0 Å². The lowest BCUT2D eigenvalue weighted by molar-refractivity contribution is -0.169. The third-order valence-electron chi connectivity index (χ3n) is 14.1. The number of carbonyl (C=O) groups is 1. The van der Waals surface area contributed by atoms with E-state index in [2.05, 4.69) is 47.6 Å². The van der Waals surface area contributed by atoms with Crippen molar-refractivity contribution in [2.45, 2.75) is 208 Å². The van der Waals surface area contributed by atoms with E-state index in [1.54, 1.807) is 0 Å². The summed E-state index contributed by atoms with van der Waals surface area (Å²) in [5.41, 5.74) is 1.73. The number of esters is 1. The molecule has 3 nitrogen and oxygen atoms in total. The molecular weight excluding hydrogens is 564 g/mol. The molecule has 0 aromatic rings. The zero-order chi connectivity index (χ0) is 33.2. The Hall–Kier alpha value is -0.830. The van der Waals surface area contributed by atoms with Crippen LogP contribution in [0.2, 0.25) is 0 Å². The van der Waals surface area contributed by atoms with Gasteiger partial charge in [0.25, 0.3) is 0 Å². The van der Waals surface area contributed by atoms with Gasteiger partial charge in [-0.05, 0) is 85.9 Å². The van der Waals surface area contributed by atoms with Crippen molar-refractivity contribution in [3.05, 3.63) is 11.6 Å². The van der Waals surface area contributed by atoms with Crippen molar-refractivity contribution < 1.29 is 14.6 Å². The fraction of sp³-hybridized carbons (Fsp3) is 0.930. The Morgan fingerprint density at radius 3 is 2.11 bits per heavy atom. The van der Waals surface area contributed by atoms with E-state index in [-0.39, 0.29) is 23.6 Å². The van der Waals surface area contributed by atoms with Crippen LogP contribution in [0, 0.1) is 46.3 Å². The van der Waals surface area contributed by atoms with Gasteiger partial charge in [-0.2, -0.15) is 0 Å². The number of hydrogen-bond donors (Lipinski definition) is 1. The molecule has 3 saturated carbocycles. The molecule has 1 unspecified atom stereocenters. The molecule has 3 fully saturated rings. The first-order valence-electron chi connectivity index (χ1n) is 20.7. The van der Waals surface area contributed by atoms with Crippen molar-refractivity contribution in [2.24, 2.45) is 46.3 Å². The summed E-state index contributed by atoms with van der Waals surface area (Å²) in [6, 6.07) is 0. The molecule has 0 radical (unpaired) electrons. The molecule has 9 atom stereocenters. The lowest BCUT2D eigenvalue weighted by Crippen LogP contribution is -2.56. The maximum absolute atomic E-state index is 13.3. The molecule has 266 valence electrons. The van der Waals surface area contributed by atoms with Gasteiger partial charge in [-0.15, -0.1) is 0 Å². The van der Waals surface area contributed by atoms with E-state index < -0.39 is 0 Å². The summed E-state index contributed by atoms with van der Waals surface area (Å²) in [4.78, 5) is 13.3. The molecule has 0 saturated heterocycles. The highest BCUT2D eigenvalue weighted by Crippen LogP contribution is 2.67. The summed E-state index contributed by atoms with van der Waals surface area (Å²) >= 11 is 0. The number of hydrogen-bond acceptors (Lipinski definition) is 3.